The fourth-order valence-corrected chi connectivity index (χ4v) is 3.41. The van der Waals surface area contributed by atoms with E-state index in [4.69, 9.17) is 27.9 Å². The second kappa shape index (κ2) is 9.41. The average molecular weight is 421 g/mol. The van der Waals surface area contributed by atoms with Crippen LogP contribution in [0.1, 0.15) is 36.9 Å². The second-order valence-electron chi connectivity index (χ2n) is 6.71. The third kappa shape index (κ3) is 5.25. The van der Waals surface area contributed by atoms with Crippen molar-refractivity contribution >= 4 is 35.0 Å². The first-order chi connectivity index (χ1) is 13.4. The molecule has 0 radical (unpaired) electrons. The van der Waals surface area contributed by atoms with Crippen LogP contribution >= 0.6 is 23.2 Å². The van der Waals surface area contributed by atoms with Crippen LogP contribution in [-0.4, -0.2) is 29.9 Å². The first kappa shape index (κ1) is 20.6. The predicted molar refractivity (Wildman–Crippen MR) is 110 cm³/mol. The lowest BCUT2D eigenvalue weighted by molar-refractivity contribution is -0.138. The number of hydrogen-bond acceptors (Lipinski definition) is 4. The van der Waals surface area contributed by atoms with Gasteiger partial charge in [-0.1, -0.05) is 41.4 Å². The van der Waals surface area contributed by atoms with Gasteiger partial charge in [0.15, 0.2) is 0 Å². The fraction of sp³-hybridized carbons (Fsp3) is 0.333. The van der Waals surface area contributed by atoms with Crippen LogP contribution in [0.25, 0.3) is 0 Å². The van der Waals surface area contributed by atoms with Gasteiger partial charge in [-0.3, -0.25) is 14.5 Å². The number of benzene rings is 2. The van der Waals surface area contributed by atoms with Gasteiger partial charge in [0.2, 0.25) is 11.8 Å². The van der Waals surface area contributed by atoms with Crippen molar-refractivity contribution in [2.75, 3.05) is 13.2 Å². The Morgan fingerprint density at radius 1 is 1.07 bits per heavy atom. The van der Waals surface area contributed by atoms with E-state index in [2.05, 4.69) is 12.2 Å². The molecule has 1 aliphatic rings. The monoisotopic (exact) mass is 420 g/mol. The summed E-state index contributed by atoms with van der Waals surface area (Å²) in [5.74, 6) is 0.252. The number of carbonyl (C=O) groups is 2. The van der Waals surface area contributed by atoms with Crippen molar-refractivity contribution in [1.29, 1.82) is 0 Å². The molecule has 1 fully saturated rings. The summed E-state index contributed by atoms with van der Waals surface area (Å²) in [7, 11) is 0. The number of imide groups is 1. The highest BCUT2D eigenvalue weighted by molar-refractivity contribution is 6.32. The Balaban J connectivity index is 1.50. The summed E-state index contributed by atoms with van der Waals surface area (Å²) >= 11 is 12.2. The summed E-state index contributed by atoms with van der Waals surface area (Å²) < 4.78 is 5.65. The summed E-state index contributed by atoms with van der Waals surface area (Å²) in [5, 5.41) is 4.66. The van der Waals surface area contributed by atoms with Gasteiger partial charge < -0.3 is 10.1 Å². The van der Waals surface area contributed by atoms with Gasteiger partial charge in [0.05, 0.1) is 11.6 Å². The minimum Gasteiger partial charge on any atom is -0.490 e. The molecule has 3 rings (SSSR count). The van der Waals surface area contributed by atoms with Gasteiger partial charge in [0, 0.05) is 30.5 Å². The molecule has 148 valence electrons. The summed E-state index contributed by atoms with van der Waals surface area (Å²) in [4.78, 5) is 24.4. The SMILES string of the molecule is C[C@H](NCc1ccc(OCCN2C(=O)CCC2=O)c(Cl)c1)c1ccc(Cl)cc1. The maximum Gasteiger partial charge on any atom is 0.229 e. The van der Waals surface area contributed by atoms with E-state index in [1.165, 1.54) is 4.90 Å². The Morgan fingerprint density at radius 3 is 2.39 bits per heavy atom. The lowest BCUT2D eigenvalue weighted by Crippen LogP contribution is -2.33. The summed E-state index contributed by atoms with van der Waals surface area (Å²) in [6, 6.07) is 13.5. The molecule has 2 amide bonds. The first-order valence-electron chi connectivity index (χ1n) is 9.17. The summed E-state index contributed by atoms with van der Waals surface area (Å²) in [6.45, 7) is 3.21. The summed E-state index contributed by atoms with van der Waals surface area (Å²) in [6.07, 6.45) is 0.575. The van der Waals surface area contributed by atoms with E-state index >= 15 is 0 Å². The number of rotatable bonds is 8. The Labute approximate surface area is 174 Å². The van der Waals surface area contributed by atoms with Crippen molar-refractivity contribution in [3.8, 4) is 5.75 Å². The van der Waals surface area contributed by atoms with Crippen LogP contribution in [0.3, 0.4) is 0 Å². The molecule has 0 aromatic heterocycles. The third-order valence-corrected chi connectivity index (χ3v) is 5.25. The molecule has 5 nitrogen and oxygen atoms in total. The minimum absolute atomic E-state index is 0.143. The van der Waals surface area contributed by atoms with Crippen LogP contribution in [0, 0.1) is 0 Å². The predicted octanol–water partition coefficient (Wildman–Crippen LogP) is 4.37. The summed E-state index contributed by atoms with van der Waals surface area (Å²) in [5.41, 5.74) is 2.18. The molecule has 1 atom stereocenters. The standard InChI is InChI=1S/C21H22Cl2N2O3/c1-14(16-3-5-17(22)6-4-16)24-13-15-2-7-19(18(23)12-15)28-11-10-25-20(26)8-9-21(25)27/h2-7,12,14,24H,8-11,13H2,1H3/t14-/m0/s1. The molecule has 0 spiro atoms. The Morgan fingerprint density at radius 2 is 1.75 bits per heavy atom. The smallest absolute Gasteiger partial charge is 0.229 e. The van der Waals surface area contributed by atoms with E-state index in [0.717, 1.165) is 16.1 Å². The topological polar surface area (TPSA) is 58.6 Å². The van der Waals surface area contributed by atoms with Crippen LogP contribution in [-0.2, 0) is 16.1 Å². The van der Waals surface area contributed by atoms with Crippen LogP contribution in [0.5, 0.6) is 5.75 Å². The van der Waals surface area contributed by atoms with Gasteiger partial charge in [-0.25, -0.2) is 0 Å². The van der Waals surface area contributed by atoms with Gasteiger partial charge in [-0.05, 0) is 42.3 Å². The van der Waals surface area contributed by atoms with E-state index in [9.17, 15) is 9.59 Å². The van der Waals surface area contributed by atoms with Crippen LogP contribution in [0.2, 0.25) is 10.0 Å². The van der Waals surface area contributed by atoms with E-state index in [0.29, 0.717) is 17.3 Å². The molecule has 1 N–H and O–H groups in total. The second-order valence-corrected chi connectivity index (χ2v) is 7.55. The molecule has 1 saturated heterocycles. The Bertz CT molecular complexity index is 839. The lowest BCUT2D eigenvalue weighted by atomic mass is 10.1. The van der Waals surface area contributed by atoms with Crippen molar-refractivity contribution in [3.05, 3.63) is 63.6 Å². The normalized spacial score (nSPS) is 15.2. The fourth-order valence-electron chi connectivity index (χ4n) is 3.03. The molecule has 1 aliphatic heterocycles. The quantitative estimate of drug-likeness (QED) is 0.643. The number of halogens is 2. The van der Waals surface area contributed by atoms with Crippen molar-refractivity contribution in [1.82, 2.24) is 10.2 Å². The Hall–Kier alpha value is -2.08. The first-order valence-corrected chi connectivity index (χ1v) is 9.93. The molecule has 0 bridgehead atoms. The van der Waals surface area contributed by atoms with Crippen molar-refractivity contribution < 1.29 is 14.3 Å². The zero-order chi connectivity index (χ0) is 20.1. The average Bonchev–Trinajstić information content (AvgIpc) is 3.00. The molecule has 2 aromatic rings. The number of likely N-dealkylation sites (tertiary alicyclic amines) is 1. The van der Waals surface area contributed by atoms with E-state index in [1.807, 2.05) is 36.4 Å². The number of hydrogen-bond donors (Lipinski definition) is 1. The van der Waals surface area contributed by atoms with Gasteiger partial charge in [0.1, 0.15) is 12.4 Å². The van der Waals surface area contributed by atoms with Crippen LogP contribution in [0.4, 0.5) is 0 Å². The molecule has 2 aromatic carbocycles. The third-order valence-electron chi connectivity index (χ3n) is 4.71. The van der Waals surface area contributed by atoms with Crippen LogP contribution in [0.15, 0.2) is 42.5 Å². The molecule has 0 aliphatic carbocycles. The highest BCUT2D eigenvalue weighted by Gasteiger charge is 2.28. The number of ether oxygens (including phenoxy) is 1. The maximum absolute atomic E-state index is 11.6. The van der Waals surface area contributed by atoms with Gasteiger partial charge >= 0.3 is 0 Å². The molecule has 1 heterocycles. The Kier molecular flexibility index (Phi) is 6.94. The van der Waals surface area contributed by atoms with Gasteiger partial charge in [-0.15, -0.1) is 0 Å². The largest absolute Gasteiger partial charge is 0.490 e. The van der Waals surface area contributed by atoms with Gasteiger partial charge in [-0.2, -0.15) is 0 Å². The number of nitrogens with zero attached hydrogens (tertiary/aromatic N) is 1. The molecular formula is C21H22Cl2N2O3. The zero-order valence-electron chi connectivity index (χ0n) is 15.6. The zero-order valence-corrected chi connectivity index (χ0v) is 17.1. The number of amides is 2. The van der Waals surface area contributed by atoms with E-state index in [1.54, 1.807) is 6.07 Å². The molecular weight excluding hydrogens is 399 g/mol. The van der Waals surface area contributed by atoms with Gasteiger partial charge in [0.25, 0.3) is 0 Å². The van der Waals surface area contributed by atoms with Crippen molar-refractivity contribution in [2.24, 2.45) is 0 Å². The maximum atomic E-state index is 11.6. The number of carbonyl (C=O) groups excluding carboxylic acids is 2. The van der Waals surface area contributed by atoms with Crippen molar-refractivity contribution in [3.63, 3.8) is 0 Å². The lowest BCUT2D eigenvalue weighted by Gasteiger charge is -2.16. The highest BCUT2D eigenvalue weighted by Crippen LogP contribution is 2.26. The molecule has 0 saturated carbocycles. The van der Waals surface area contributed by atoms with Crippen LogP contribution < -0.4 is 10.1 Å². The highest BCUT2D eigenvalue weighted by atomic mass is 35.5. The number of nitrogens with one attached hydrogen (secondary N) is 1. The molecule has 28 heavy (non-hydrogen) atoms. The van der Waals surface area contributed by atoms with E-state index < -0.39 is 0 Å². The van der Waals surface area contributed by atoms with Crippen molar-refractivity contribution in [2.45, 2.75) is 32.4 Å². The van der Waals surface area contributed by atoms with E-state index in [-0.39, 0.29) is 43.8 Å². The molecule has 7 heteroatoms. The minimum atomic E-state index is -0.143. The molecule has 0 unspecified atom stereocenters.